The van der Waals surface area contributed by atoms with E-state index in [-0.39, 0.29) is 23.3 Å². The highest BCUT2D eigenvalue weighted by atomic mass is 16.7. The van der Waals surface area contributed by atoms with Crippen LogP contribution in [0.15, 0.2) is 91.0 Å². The van der Waals surface area contributed by atoms with Crippen LogP contribution in [-0.4, -0.2) is 54.2 Å². The normalized spacial score (nSPS) is 21.8. The number of esters is 3. The fourth-order valence-electron chi connectivity index (χ4n) is 3.44. The minimum Gasteiger partial charge on any atom is -0.452 e. The second-order valence-corrected chi connectivity index (χ2v) is 7.51. The smallest absolute Gasteiger partial charge is 0.338 e. The van der Waals surface area contributed by atoms with Crippen molar-refractivity contribution >= 4 is 17.9 Å². The molecule has 3 aromatic carbocycles. The van der Waals surface area contributed by atoms with Crippen LogP contribution in [0.25, 0.3) is 0 Å². The van der Waals surface area contributed by atoms with Crippen molar-refractivity contribution in [3.8, 4) is 0 Å². The van der Waals surface area contributed by atoms with Gasteiger partial charge < -0.3 is 24.1 Å². The Morgan fingerprint density at radius 2 is 1.00 bits per heavy atom. The average molecular weight is 462 g/mol. The van der Waals surface area contributed by atoms with E-state index >= 15 is 0 Å². The third-order valence-electron chi connectivity index (χ3n) is 5.18. The lowest BCUT2D eigenvalue weighted by Crippen LogP contribution is -2.57. The molecule has 1 saturated heterocycles. The molecule has 0 amide bonds. The second-order valence-electron chi connectivity index (χ2n) is 7.51. The number of carbonyl (C=O) groups is 3. The van der Waals surface area contributed by atoms with Gasteiger partial charge in [-0.3, -0.25) is 0 Å². The summed E-state index contributed by atoms with van der Waals surface area (Å²) in [5, 5.41) is 10.5. The number of carbonyl (C=O) groups excluding carboxylic acids is 3. The first-order valence-corrected chi connectivity index (χ1v) is 10.6. The molecule has 1 aliphatic heterocycles. The molecule has 1 aliphatic rings. The molecule has 0 radical (unpaired) electrons. The highest BCUT2D eigenvalue weighted by Gasteiger charge is 2.47. The Morgan fingerprint density at radius 3 is 1.44 bits per heavy atom. The predicted octanol–water partition coefficient (Wildman–Crippen LogP) is 3.01. The Labute approximate surface area is 195 Å². The summed E-state index contributed by atoms with van der Waals surface area (Å²) < 4.78 is 21.9. The Kier molecular flexibility index (Phi) is 7.31. The fraction of sp³-hybridized carbons (Fsp3) is 0.192. The van der Waals surface area contributed by atoms with Crippen molar-refractivity contribution in [3.05, 3.63) is 108 Å². The first-order chi connectivity index (χ1) is 16.5. The lowest BCUT2D eigenvalue weighted by Gasteiger charge is -2.38. The summed E-state index contributed by atoms with van der Waals surface area (Å²) in [6.07, 6.45) is -5.51. The van der Waals surface area contributed by atoms with E-state index < -0.39 is 42.5 Å². The number of hydrogen-bond donors (Lipinski definition) is 1. The van der Waals surface area contributed by atoms with E-state index in [1.165, 1.54) is 12.1 Å². The number of ether oxygens (including phenoxy) is 4. The Hall–Kier alpha value is -4.01. The van der Waals surface area contributed by atoms with Crippen LogP contribution in [0, 0.1) is 0 Å². The summed E-state index contributed by atoms with van der Waals surface area (Å²) in [5.41, 5.74) is 0.746. The first-order valence-electron chi connectivity index (χ1n) is 10.6. The zero-order valence-corrected chi connectivity index (χ0v) is 18.0. The molecule has 1 N–H and O–H groups in total. The van der Waals surface area contributed by atoms with E-state index in [0.717, 1.165) is 0 Å². The molecule has 0 saturated carbocycles. The highest BCUT2D eigenvalue weighted by molar-refractivity contribution is 5.91. The number of aliphatic hydroxyl groups excluding tert-OH is 1. The summed E-state index contributed by atoms with van der Waals surface area (Å²) >= 11 is 0. The van der Waals surface area contributed by atoms with Crippen molar-refractivity contribution in [2.24, 2.45) is 0 Å². The van der Waals surface area contributed by atoms with Gasteiger partial charge in [-0.2, -0.15) is 0 Å². The van der Waals surface area contributed by atoms with Crippen LogP contribution in [0.5, 0.6) is 0 Å². The summed E-state index contributed by atoms with van der Waals surface area (Å²) in [6.45, 7) is -0.272. The van der Waals surface area contributed by atoms with Crippen molar-refractivity contribution in [1.29, 1.82) is 0 Å². The highest BCUT2D eigenvalue weighted by Crippen LogP contribution is 2.25. The lowest BCUT2D eigenvalue weighted by atomic mass is 10.0. The number of hydrogen-bond acceptors (Lipinski definition) is 8. The second kappa shape index (κ2) is 10.7. The van der Waals surface area contributed by atoms with Gasteiger partial charge in [0.25, 0.3) is 0 Å². The van der Waals surface area contributed by atoms with Gasteiger partial charge in [0.15, 0.2) is 24.6 Å². The molecule has 4 rings (SSSR count). The van der Waals surface area contributed by atoms with Crippen LogP contribution in [0.4, 0.5) is 0 Å². The van der Waals surface area contributed by atoms with Gasteiger partial charge in [0.05, 0.1) is 23.3 Å². The number of aliphatic hydroxyl groups is 1. The van der Waals surface area contributed by atoms with Gasteiger partial charge in [0, 0.05) is 0 Å². The third kappa shape index (κ3) is 5.48. The molecule has 0 unspecified atom stereocenters. The van der Waals surface area contributed by atoms with E-state index in [1.54, 1.807) is 78.9 Å². The van der Waals surface area contributed by atoms with Crippen molar-refractivity contribution < 1.29 is 38.4 Å². The number of rotatable bonds is 6. The molecule has 174 valence electrons. The van der Waals surface area contributed by atoms with Gasteiger partial charge in [0.1, 0.15) is 0 Å². The van der Waals surface area contributed by atoms with Crippen LogP contribution < -0.4 is 0 Å². The quantitative estimate of drug-likeness (QED) is 0.440. The lowest BCUT2D eigenvalue weighted by molar-refractivity contribution is -0.251. The number of benzene rings is 3. The summed E-state index contributed by atoms with van der Waals surface area (Å²) in [4.78, 5) is 38.1. The van der Waals surface area contributed by atoms with Crippen LogP contribution in [0.3, 0.4) is 0 Å². The van der Waals surface area contributed by atoms with Gasteiger partial charge in [-0.25, -0.2) is 14.4 Å². The maximum Gasteiger partial charge on any atom is 0.338 e. The zero-order valence-electron chi connectivity index (χ0n) is 18.0. The standard InChI is InChI=1S/C26H22O8/c27-23(17-10-4-1-5-11-17)32-20-16-31-26(30)22(34-25(29)19-14-8-3-9-15-19)21(20)33-24(28)18-12-6-2-7-13-18/h1-15,20-22,26,30H,16H2/t20-,21-,22-,26+/m0/s1. The molecule has 8 nitrogen and oxygen atoms in total. The van der Waals surface area contributed by atoms with Crippen LogP contribution >= 0.6 is 0 Å². The minimum absolute atomic E-state index is 0.228. The molecule has 1 fully saturated rings. The summed E-state index contributed by atoms with van der Waals surface area (Å²) in [7, 11) is 0. The molecule has 3 aromatic rings. The van der Waals surface area contributed by atoms with Crippen molar-refractivity contribution in [3.63, 3.8) is 0 Å². The Morgan fingerprint density at radius 1 is 0.618 bits per heavy atom. The van der Waals surface area contributed by atoms with E-state index in [9.17, 15) is 19.5 Å². The predicted molar refractivity (Wildman–Crippen MR) is 119 cm³/mol. The molecule has 1 heterocycles. The zero-order chi connectivity index (χ0) is 23.9. The maximum absolute atomic E-state index is 12.8. The summed E-state index contributed by atoms with van der Waals surface area (Å²) in [5.74, 6) is -2.18. The molecule has 0 bridgehead atoms. The molecule has 8 heteroatoms. The molecular weight excluding hydrogens is 440 g/mol. The summed E-state index contributed by atoms with van der Waals surface area (Å²) in [6, 6.07) is 24.5. The van der Waals surface area contributed by atoms with Crippen LogP contribution in [0.1, 0.15) is 31.1 Å². The first kappa shape index (κ1) is 23.2. The molecular formula is C26H22O8. The molecule has 34 heavy (non-hydrogen) atoms. The maximum atomic E-state index is 12.8. The van der Waals surface area contributed by atoms with E-state index in [4.69, 9.17) is 18.9 Å². The molecule has 0 aliphatic carbocycles. The molecule has 0 spiro atoms. The van der Waals surface area contributed by atoms with Crippen molar-refractivity contribution in [2.75, 3.05) is 6.61 Å². The Bertz CT molecular complexity index is 1120. The SMILES string of the molecule is O=C(O[C@@H]1[C@H](OC(=O)c2ccccc2)[C@H](O)OC[C@@H]1OC(=O)c1ccccc1)c1ccccc1. The average Bonchev–Trinajstić information content (AvgIpc) is 2.89. The van der Waals surface area contributed by atoms with E-state index in [1.807, 2.05) is 0 Å². The van der Waals surface area contributed by atoms with E-state index in [0.29, 0.717) is 0 Å². The van der Waals surface area contributed by atoms with Gasteiger partial charge in [-0.15, -0.1) is 0 Å². The van der Waals surface area contributed by atoms with Crippen LogP contribution in [0.2, 0.25) is 0 Å². The molecule has 4 atom stereocenters. The fourth-order valence-corrected chi connectivity index (χ4v) is 3.44. The van der Waals surface area contributed by atoms with E-state index in [2.05, 4.69) is 0 Å². The van der Waals surface area contributed by atoms with Gasteiger partial charge in [-0.1, -0.05) is 54.6 Å². The molecule has 0 aromatic heterocycles. The van der Waals surface area contributed by atoms with Crippen molar-refractivity contribution in [1.82, 2.24) is 0 Å². The van der Waals surface area contributed by atoms with Crippen molar-refractivity contribution in [2.45, 2.75) is 24.6 Å². The monoisotopic (exact) mass is 462 g/mol. The minimum atomic E-state index is -1.60. The Balaban J connectivity index is 1.59. The van der Waals surface area contributed by atoms with Gasteiger partial charge in [0.2, 0.25) is 0 Å². The van der Waals surface area contributed by atoms with Gasteiger partial charge >= 0.3 is 17.9 Å². The topological polar surface area (TPSA) is 108 Å². The largest absolute Gasteiger partial charge is 0.452 e. The van der Waals surface area contributed by atoms with Gasteiger partial charge in [-0.05, 0) is 36.4 Å². The van der Waals surface area contributed by atoms with Crippen LogP contribution in [-0.2, 0) is 18.9 Å². The third-order valence-corrected chi connectivity index (χ3v) is 5.18.